The van der Waals surface area contributed by atoms with Crippen molar-refractivity contribution in [3.05, 3.63) is 64.5 Å². The van der Waals surface area contributed by atoms with Gasteiger partial charge in [0.1, 0.15) is 0 Å². The molecule has 0 bridgehead atoms. The van der Waals surface area contributed by atoms with Crippen LogP contribution in [0, 0.1) is 0 Å². The van der Waals surface area contributed by atoms with Gasteiger partial charge >= 0.3 is 0 Å². The maximum absolute atomic E-state index is 4.47. The van der Waals surface area contributed by atoms with Gasteiger partial charge in [-0.25, -0.2) is 0 Å². The first-order chi connectivity index (χ1) is 10.4. The Morgan fingerprint density at radius 2 is 2.14 bits per heavy atom. The predicted octanol–water partition coefficient (Wildman–Crippen LogP) is 4.58. The summed E-state index contributed by atoms with van der Waals surface area (Å²) in [6.45, 7) is 3.14. The number of fused-ring (bicyclic) bond motifs is 1. The van der Waals surface area contributed by atoms with Crippen molar-refractivity contribution in [2.75, 3.05) is 6.54 Å². The van der Waals surface area contributed by atoms with Crippen LogP contribution in [-0.4, -0.2) is 11.5 Å². The van der Waals surface area contributed by atoms with Crippen molar-refractivity contribution in [1.29, 1.82) is 0 Å². The molecule has 21 heavy (non-hydrogen) atoms. The summed E-state index contributed by atoms with van der Waals surface area (Å²) >= 11 is 1.77. The average molecular weight is 296 g/mol. The minimum absolute atomic E-state index is 0.378. The van der Waals surface area contributed by atoms with Gasteiger partial charge < -0.3 is 5.32 Å². The molecule has 0 spiro atoms. The molecule has 0 fully saturated rings. The van der Waals surface area contributed by atoms with Crippen LogP contribution in [0.1, 0.15) is 30.5 Å². The number of rotatable bonds is 6. The molecule has 108 valence electrons. The van der Waals surface area contributed by atoms with Gasteiger partial charge in [-0.1, -0.05) is 25.1 Å². The molecule has 1 aromatic carbocycles. The summed E-state index contributed by atoms with van der Waals surface area (Å²) in [6.07, 6.45) is 4.08. The van der Waals surface area contributed by atoms with E-state index in [0.29, 0.717) is 6.04 Å². The second-order valence-corrected chi connectivity index (χ2v) is 5.98. The Labute approximate surface area is 129 Å². The summed E-state index contributed by atoms with van der Waals surface area (Å²) in [7, 11) is 0. The predicted molar refractivity (Wildman–Crippen MR) is 90.8 cm³/mol. The van der Waals surface area contributed by atoms with E-state index in [-0.39, 0.29) is 0 Å². The number of hydrogen-bond donors (Lipinski definition) is 1. The zero-order valence-corrected chi connectivity index (χ0v) is 13.1. The van der Waals surface area contributed by atoms with E-state index in [1.54, 1.807) is 11.3 Å². The number of nitrogens with one attached hydrogen (secondary N) is 1. The third kappa shape index (κ3) is 3.31. The molecular formula is C18H20N2S. The van der Waals surface area contributed by atoms with Crippen LogP contribution in [0.15, 0.2) is 53.4 Å². The molecule has 0 saturated heterocycles. The van der Waals surface area contributed by atoms with Gasteiger partial charge in [0.25, 0.3) is 0 Å². The zero-order chi connectivity index (χ0) is 14.5. The molecule has 0 radical (unpaired) electrons. The first kappa shape index (κ1) is 14.2. The molecule has 0 aliphatic rings. The first-order valence-corrected chi connectivity index (χ1v) is 8.41. The molecule has 3 heteroatoms. The number of hydrogen-bond acceptors (Lipinski definition) is 3. The molecule has 2 aromatic heterocycles. The van der Waals surface area contributed by atoms with Crippen molar-refractivity contribution < 1.29 is 0 Å². The van der Waals surface area contributed by atoms with Gasteiger partial charge in [-0.3, -0.25) is 4.98 Å². The lowest BCUT2D eigenvalue weighted by Gasteiger charge is -2.20. The van der Waals surface area contributed by atoms with Crippen LogP contribution in [0.3, 0.4) is 0 Å². The summed E-state index contributed by atoms with van der Waals surface area (Å²) in [5.74, 6) is 0. The highest BCUT2D eigenvalue weighted by Gasteiger charge is 2.13. The number of benzene rings is 1. The highest BCUT2D eigenvalue weighted by Crippen LogP contribution is 2.26. The van der Waals surface area contributed by atoms with E-state index in [0.717, 1.165) is 24.9 Å². The van der Waals surface area contributed by atoms with Crippen molar-refractivity contribution in [2.24, 2.45) is 0 Å². The summed E-state index contributed by atoms with van der Waals surface area (Å²) < 4.78 is 0. The third-order valence-electron chi connectivity index (χ3n) is 3.81. The van der Waals surface area contributed by atoms with Gasteiger partial charge in [0.15, 0.2) is 0 Å². The highest BCUT2D eigenvalue weighted by atomic mass is 32.1. The van der Waals surface area contributed by atoms with Gasteiger partial charge in [-0.05, 0) is 59.5 Å². The molecule has 0 aliphatic heterocycles. The summed E-state index contributed by atoms with van der Waals surface area (Å²) in [6, 6.07) is 13.2. The van der Waals surface area contributed by atoms with Crippen LogP contribution in [0.2, 0.25) is 0 Å². The van der Waals surface area contributed by atoms with E-state index in [9.17, 15) is 0 Å². The zero-order valence-electron chi connectivity index (χ0n) is 12.3. The smallest absolute Gasteiger partial charge is 0.0705 e. The van der Waals surface area contributed by atoms with Crippen LogP contribution in [-0.2, 0) is 6.42 Å². The largest absolute Gasteiger partial charge is 0.310 e. The van der Waals surface area contributed by atoms with E-state index < -0.39 is 0 Å². The number of pyridine rings is 1. The summed E-state index contributed by atoms with van der Waals surface area (Å²) in [5, 5.41) is 9.29. The second-order valence-electron chi connectivity index (χ2n) is 5.20. The lowest BCUT2D eigenvalue weighted by Crippen LogP contribution is -2.21. The quantitative estimate of drug-likeness (QED) is 0.720. The summed E-state index contributed by atoms with van der Waals surface area (Å²) in [4.78, 5) is 4.47. The normalized spacial score (nSPS) is 12.6. The average Bonchev–Trinajstić information content (AvgIpc) is 3.04. The Morgan fingerprint density at radius 3 is 2.95 bits per heavy atom. The van der Waals surface area contributed by atoms with Gasteiger partial charge in [0.05, 0.1) is 5.52 Å². The van der Waals surface area contributed by atoms with E-state index in [4.69, 9.17) is 0 Å². The van der Waals surface area contributed by atoms with Crippen molar-refractivity contribution >= 4 is 22.2 Å². The Morgan fingerprint density at radius 1 is 1.19 bits per heavy atom. The summed E-state index contributed by atoms with van der Waals surface area (Å²) in [5.41, 5.74) is 3.87. The molecule has 0 aliphatic carbocycles. The number of nitrogens with zero attached hydrogens (tertiary/aromatic N) is 1. The molecular weight excluding hydrogens is 276 g/mol. The number of aryl methyl sites for hydroxylation is 1. The van der Waals surface area contributed by atoms with Crippen LogP contribution in [0.25, 0.3) is 10.9 Å². The maximum atomic E-state index is 4.47. The molecule has 3 aromatic rings. The van der Waals surface area contributed by atoms with Crippen LogP contribution in [0.5, 0.6) is 0 Å². The van der Waals surface area contributed by atoms with E-state index >= 15 is 0 Å². The Hall–Kier alpha value is -1.71. The van der Waals surface area contributed by atoms with Crippen molar-refractivity contribution in [2.45, 2.75) is 25.8 Å². The van der Waals surface area contributed by atoms with Gasteiger partial charge in [-0.2, -0.15) is 11.3 Å². The van der Waals surface area contributed by atoms with Gasteiger partial charge in [0.2, 0.25) is 0 Å². The fraction of sp³-hybridized carbons (Fsp3) is 0.278. The topological polar surface area (TPSA) is 24.9 Å². The van der Waals surface area contributed by atoms with Crippen LogP contribution < -0.4 is 5.32 Å². The van der Waals surface area contributed by atoms with E-state index in [2.05, 4.69) is 58.3 Å². The van der Waals surface area contributed by atoms with Gasteiger partial charge in [-0.15, -0.1) is 0 Å². The van der Waals surface area contributed by atoms with Crippen molar-refractivity contribution in [3.63, 3.8) is 0 Å². The fourth-order valence-corrected chi connectivity index (χ4v) is 3.49. The monoisotopic (exact) mass is 296 g/mol. The molecule has 1 atom stereocenters. The molecule has 0 amide bonds. The number of aromatic nitrogens is 1. The Kier molecular flexibility index (Phi) is 4.63. The molecule has 1 N–H and O–H groups in total. The standard InChI is InChI=1S/C18H20N2S/c1-2-19-18(9-8-14-10-12-21-13-14)15-5-3-7-17-16(15)6-4-11-20-17/h3-7,10-13,18-19H,2,8-9H2,1H3. The highest BCUT2D eigenvalue weighted by molar-refractivity contribution is 7.07. The lowest BCUT2D eigenvalue weighted by molar-refractivity contribution is 0.519. The Bertz CT molecular complexity index is 686. The van der Waals surface area contributed by atoms with E-state index in [1.165, 1.54) is 16.5 Å². The van der Waals surface area contributed by atoms with Gasteiger partial charge in [0, 0.05) is 17.6 Å². The SMILES string of the molecule is CCNC(CCc1ccsc1)c1cccc2ncccc12. The molecule has 2 nitrogen and oxygen atoms in total. The minimum atomic E-state index is 0.378. The van der Waals surface area contributed by atoms with E-state index in [1.807, 2.05) is 12.3 Å². The fourth-order valence-electron chi connectivity index (χ4n) is 2.79. The number of thiophene rings is 1. The maximum Gasteiger partial charge on any atom is 0.0705 e. The molecule has 2 heterocycles. The first-order valence-electron chi connectivity index (χ1n) is 7.46. The van der Waals surface area contributed by atoms with Crippen molar-refractivity contribution in [3.8, 4) is 0 Å². The molecule has 1 unspecified atom stereocenters. The molecule has 0 saturated carbocycles. The Balaban J connectivity index is 1.88. The van der Waals surface area contributed by atoms with Crippen LogP contribution in [0.4, 0.5) is 0 Å². The van der Waals surface area contributed by atoms with Crippen LogP contribution >= 0.6 is 11.3 Å². The third-order valence-corrected chi connectivity index (χ3v) is 4.54. The minimum Gasteiger partial charge on any atom is -0.310 e. The van der Waals surface area contributed by atoms with Crippen molar-refractivity contribution in [1.82, 2.24) is 10.3 Å². The lowest BCUT2D eigenvalue weighted by atomic mass is 9.96. The molecule has 3 rings (SSSR count). The second kappa shape index (κ2) is 6.83.